The van der Waals surface area contributed by atoms with Gasteiger partial charge in [0.25, 0.3) is 0 Å². The molecule has 2 aliphatic rings. The lowest BCUT2D eigenvalue weighted by atomic mass is 9.95. The van der Waals surface area contributed by atoms with Crippen LogP contribution in [0.3, 0.4) is 0 Å². The summed E-state index contributed by atoms with van der Waals surface area (Å²) >= 11 is 1.88. The average Bonchev–Trinajstić information content (AvgIpc) is 2.90. The highest BCUT2D eigenvalue weighted by Gasteiger charge is 2.26. The van der Waals surface area contributed by atoms with E-state index in [1.807, 2.05) is 11.8 Å². The van der Waals surface area contributed by atoms with Crippen molar-refractivity contribution in [1.82, 2.24) is 5.32 Å². The first-order valence-corrected chi connectivity index (χ1v) is 8.52. The molecule has 104 valence electrons. The molecule has 0 bridgehead atoms. The Morgan fingerprint density at radius 1 is 1.17 bits per heavy atom. The van der Waals surface area contributed by atoms with Crippen molar-refractivity contribution in [2.45, 2.75) is 68.8 Å². The molecule has 2 saturated carbocycles. The first-order valence-electron chi connectivity index (χ1n) is 7.23. The summed E-state index contributed by atoms with van der Waals surface area (Å²) in [6.07, 6.45) is 12.1. The van der Waals surface area contributed by atoms with Crippen LogP contribution < -0.4 is 5.32 Å². The number of carbonyl (C=O) groups excluding carboxylic acids is 1. The van der Waals surface area contributed by atoms with Crippen LogP contribution in [-0.2, 0) is 9.53 Å². The second kappa shape index (κ2) is 7.39. The Kier molecular flexibility index (Phi) is 5.83. The lowest BCUT2D eigenvalue weighted by Gasteiger charge is -2.31. The van der Waals surface area contributed by atoms with E-state index in [2.05, 4.69) is 11.6 Å². The summed E-state index contributed by atoms with van der Waals surface area (Å²) in [4.78, 5) is 11.9. The number of hydrogen-bond acceptors (Lipinski definition) is 3. The molecule has 2 rings (SSSR count). The van der Waals surface area contributed by atoms with Crippen molar-refractivity contribution in [3.8, 4) is 0 Å². The fourth-order valence-electron chi connectivity index (χ4n) is 3.04. The molecule has 18 heavy (non-hydrogen) atoms. The smallest absolute Gasteiger partial charge is 0.246 e. The number of carbonyl (C=O) groups is 1. The predicted molar refractivity (Wildman–Crippen MR) is 75.9 cm³/mol. The molecule has 1 N–H and O–H groups in total. The normalized spacial score (nSPS) is 29.4. The van der Waals surface area contributed by atoms with Gasteiger partial charge in [-0.15, -0.1) is 0 Å². The molecule has 2 fully saturated rings. The largest absolute Gasteiger partial charge is 0.368 e. The van der Waals surface area contributed by atoms with Gasteiger partial charge in [-0.05, 0) is 31.9 Å². The van der Waals surface area contributed by atoms with Gasteiger partial charge in [0.1, 0.15) is 6.61 Å². The molecule has 2 atom stereocenters. The molecule has 0 aromatic carbocycles. The Labute approximate surface area is 114 Å². The Morgan fingerprint density at radius 3 is 2.56 bits per heavy atom. The number of amides is 1. The van der Waals surface area contributed by atoms with E-state index in [1.54, 1.807) is 0 Å². The third-order valence-electron chi connectivity index (χ3n) is 4.10. The Balaban J connectivity index is 1.68. The average molecular weight is 271 g/mol. The third-order valence-corrected chi connectivity index (χ3v) is 5.27. The number of hydrogen-bond donors (Lipinski definition) is 1. The van der Waals surface area contributed by atoms with E-state index in [-0.39, 0.29) is 12.5 Å². The van der Waals surface area contributed by atoms with Gasteiger partial charge in [-0.3, -0.25) is 4.79 Å². The summed E-state index contributed by atoms with van der Waals surface area (Å²) in [6.45, 7) is 0.252. The first-order chi connectivity index (χ1) is 8.79. The van der Waals surface area contributed by atoms with E-state index in [9.17, 15) is 4.79 Å². The summed E-state index contributed by atoms with van der Waals surface area (Å²) in [6, 6.07) is 0.355. The van der Waals surface area contributed by atoms with Crippen molar-refractivity contribution < 1.29 is 9.53 Å². The van der Waals surface area contributed by atoms with Crippen molar-refractivity contribution in [1.29, 1.82) is 0 Å². The Hall–Kier alpha value is -0.220. The van der Waals surface area contributed by atoms with Crippen LogP contribution in [0.5, 0.6) is 0 Å². The second-order valence-electron chi connectivity index (χ2n) is 5.45. The number of ether oxygens (including phenoxy) is 1. The van der Waals surface area contributed by atoms with E-state index in [4.69, 9.17) is 4.74 Å². The molecule has 0 heterocycles. The lowest BCUT2D eigenvalue weighted by molar-refractivity contribution is -0.128. The summed E-state index contributed by atoms with van der Waals surface area (Å²) in [5.41, 5.74) is 0. The zero-order valence-electron chi connectivity index (χ0n) is 11.3. The van der Waals surface area contributed by atoms with Crippen LogP contribution in [0, 0.1) is 0 Å². The molecule has 4 heteroatoms. The Bertz CT molecular complexity index is 267. The molecule has 3 nitrogen and oxygen atoms in total. The molecule has 2 aliphatic carbocycles. The van der Waals surface area contributed by atoms with Gasteiger partial charge in [-0.1, -0.05) is 25.7 Å². The zero-order chi connectivity index (χ0) is 12.8. The van der Waals surface area contributed by atoms with Gasteiger partial charge in [0.05, 0.1) is 6.10 Å². The maximum atomic E-state index is 11.9. The standard InChI is InChI=1S/C14H25NO2S/c1-18-13-9-5-4-8-12(13)15-14(16)10-17-11-6-2-3-7-11/h11-13H,2-10H2,1H3,(H,15,16)/t12-,13-/m0/s1. The summed E-state index contributed by atoms with van der Waals surface area (Å²) in [7, 11) is 0. The molecule has 0 aromatic heterocycles. The minimum absolute atomic E-state index is 0.0767. The predicted octanol–water partition coefficient (Wildman–Crippen LogP) is 2.74. The molecule has 0 spiro atoms. The fourth-order valence-corrected chi connectivity index (χ4v) is 3.98. The highest BCUT2D eigenvalue weighted by atomic mass is 32.2. The van der Waals surface area contributed by atoms with E-state index < -0.39 is 0 Å². The third kappa shape index (κ3) is 4.16. The van der Waals surface area contributed by atoms with Crippen LogP contribution in [0.4, 0.5) is 0 Å². The van der Waals surface area contributed by atoms with Crippen molar-refractivity contribution >= 4 is 17.7 Å². The van der Waals surface area contributed by atoms with Crippen LogP contribution in [-0.4, -0.2) is 36.2 Å². The summed E-state index contributed by atoms with van der Waals surface area (Å²) in [5, 5.41) is 3.75. The van der Waals surface area contributed by atoms with Gasteiger partial charge >= 0.3 is 0 Å². The second-order valence-corrected chi connectivity index (χ2v) is 6.53. The van der Waals surface area contributed by atoms with Crippen LogP contribution in [0.1, 0.15) is 51.4 Å². The van der Waals surface area contributed by atoms with Gasteiger partial charge in [0.15, 0.2) is 0 Å². The van der Waals surface area contributed by atoms with Crippen LogP contribution in [0.25, 0.3) is 0 Å². The SMILES string of the molecule is CS[C@H]1CCCC[C@@H]1NC(=O)COC1CCCC1. The minimum atomic E-state index is 0.0767. The fraction of sp³-hybridized carbons (Fsp3) is 0.929. The van der Waals surface area contributed by atoms with Crippen molar-refractivity contribution in [2.24, 2.45) is 0 Å². The topological polar surface area (TPSA) is 38.3 Å². The maximum absolute atomic E-state index is 11.9. The Morgan fingerprint density at radius 2 is 1.83 bits per heavy atom. The van der Waals surface area contributed by atoms with Crippen LogP contribution in [0.2, 0.25) is 0 Å². The molecule has 0 radical (unpaired) electrons. The number of nitrogens with one attached hydrogen (secondary N) is 1. The first kappa shape index (κ1) is 14.2. The van der Waals surface area contributed by atoms with E-state index in [1.165, 1.54) is 32.1 Å². The maximum Gasteiger partial charge on any atom is 0.246 e. The van der Waals surface area contributed by atoms with Crippen LogP contribution >= 0.6 is 11.8 Å². The van der Waals surface area contributed by atoms with E-state index >= 15 is 0 Å². The highest BCUT2D eigenvalue weighted by molar-refractivity contribution is 7.99. The van der Waals surface area contributed by atoms with Gasteiger partial charge in [-0.25, -0.2) is 0 Å². The minimum Gasteiger partial charge on any atom is -0.368 e. The highest BCUT2D eigenvalue weighted by Crippen LogP contribution is 2.27. The zero-order valence-corrected chi connectivity index (χ0v) is 12.1. The molecule has 0 unspecified atom stereocenters. The van der Waals surface area contributed by atoms with Gasteiger partial charge < -0.3 is 10.1 Å². The van der Waals surface area contributed by atoms with Crippen molar-refractivity contribution in [2.75, 3.05) is 12.9 Å². The van der Waals surface area contributed by atoms with Gasteiger partial charge in [-0.2, -0.15) is 11.8 Å². The van der Waals surface area contributed by atoms with Gasteiger partial charge in [0.2, 0.25) is 5.91 Å². The lowest BCUT2D eigenvalue weighted by Crippen LogP contribution is -2.45. The molecule has 0 saturated heterocycles. The van der Waals surface area contributed by atoms with E-state index in [0.717, 1.165) is 19.3 Å². The number of thioether (sulfide) groups is 1. The number of rotatable bonds is 5. The van der Waals surface area contributed by atoms with Gasteiger partial charge in [0, 0.05) is 11.3 Å². The molecule has 0 aromatic rings. The van der Waals surface area contributed by atoms with Crippen LogP contribution in [0.15, 0.2) is 0 Å². The molecule has 0 aliphatic heterocycles. The summed E-state index contributed by atoms with van der Waals surface area (Å²) < 4.78 is 5.66. The quantitative estimate of drug-likeness (QED) is 0.835. The molecular formula is C14H25NO2S. The molecular weight excluding hydrogens is 246 g/mol. The van der Waals surface area contributed by atoms with Crippen molar-refractivity contribution in [3.63, 3.8) is 0 Å². The monoisotopic (exact) mass is 271 g/mol. The van der Waals surface area contributed by atoms with Crippen molar-refractivity contribution in [3.05, 3.63) is 0 Å². The van der Waals surface area contributed by atoms with E-state index in [0.29, 0.717) is 17.4 Å². The summed E-state index contributed by atoms with van der Waals surface area (Å²) in [5.74, 6) is 0.0767. The molecule has 1 amide bonds.